The predicted octanol–water partition coefficient (Wildman–Crippen LogP) is 4.23. The van der Waals surface area contributed by atoms with Crippen LogP contribution in [0.3, 0.4) is 0 Å². The number of carbonyl (C=O) groups excluding carboxylic acids is 3. The average molecular weight is 616 g/mol. The molecule has 1 spiro atoms. The highest BCUT2D eigenvalue weighted by atomic mass is 32.2. The van der Waals surface area contributed by atoms with Gasteiger partial charge in [-0.3, -0.25) is 14.4 Å². The number of hydrogen-bond donors (Lipinski definition) is 1. The first-order chi connectivity index (χ1) is 21.3. The van der Waals surface area contributed by atoms with Crippen LogP contribution in [-0.2, 0) is 25.5 Å². The van der Waals surface area contributed by atoms with Gasteiger partial charge in [0.05, 0.1) is 35.8 Å². The molecule has 6 rings (SSSR count). The number of thioether (sulfide) groups is 1. The van der Waals surface area contributed by atoms with Gasteiger partial charge >= 0.3 is 5.97 Å². The summed E-state index contributed by atoms with van der Waals surface area (Å²) < 4.78 is 3.92. The maximum Gasteiger partial charge on any atom is 0.311 e. The van der Waals surface area contributed by atoms with E-state index in [0.29, 0.717) is 19.4 Å². The number of nitrogens with zero attached hydrogens (tertiary/aromatic N) is 3. The van der Waals surface area contributed by atoms with Crippen LogP contribution in [0.5, 0.6) is 0 Å². The monoisotopic (exact) mass is 615 g/mol. The van der Waals surface area contributed by atoms with Crippen LogP contribution in [0.15, 0.2) is 78.9 Å². The van der Waals surface area contributed by atoms with Crippen molar-refractivity contribution in [1.82, 2.24) is 4.90 Å². The molecule has 1 unspecified atom stereocenters. The minimum Gasteiger partial charge on any atom is -0.465 e. The Morgan fingerprint density at radius 3 is 2.39 bits per heavy atom. The fourth-order valence-corrected chi connectivity index (χ4v) is 9.76. The molecule has 2 saturated heterocycles. The molecule has 44 heavy (non-hydrogen) atoms. The third-order valence-corrected chi connectivity index (χ3v) is 11.5. The summed E-state index contributed by atoms with van der Waals surface area (Å²) in [6, 6.07) is 16.1. The first-order valence-electron chi connectivity index (χ1n) is 15.6. The number of carbonyl (C=O) groups is 3. The molecule has 232 valence electrons. The van der Waals surface area contributed by atoms with Gasteiger partial charge in [0.25, 0.3) is 5.91 Å². The van der Waals surface area contributed by atoms with E-state index in [9.17, 15) is 19.5 Å². The van der Waals surface area contributed by atoms with E-state index in [2.05, 4.69) is 18.7 Å². The van der Waals surface area contributed by atoms with Gasteiger partial charge in [0.1, 0.15) is 6.04 Å². The normalized spacial score (nSPS) is 30.2. The van der Waals surface area contributed by atoms with Crippen molar-refractivity contribution in [2.24, 2.45) is 11.8 Å². The van der Waals surface area contributed by atoms with Crippen LogP contribution in [0.25, 0.3) is 0 Å². The van der Waals surface area contributed by atoms with Gasteiger partial charge in [-0.15, -0.1) is 11.8 Å². The lowest BCUT2D eigenvalue weighted by molar-refractivity contribution is -0.154. The molecule has 2 aromatic rings. The molecule has 2 amide bonds. The van der Waals surface area contributed by atoms with Gasteiger partial charge in [-0.2, -0.15) is 0 Å². The first-order valence-corrected chi connectivity index (χ1v) is 16.4. The SMILES string of the molecule is CCN(CC)c1ccc(N2CC=C[C@]34S[C@]5(C)C=CCCOC(=O)[C@@H]5[C@H]3C(=O)N([C@@H](CO)Cc3ccccc3)C4C2=O)cc1. The van der Waals surface area contributed by atoms with Crippen LogP contribution in [0.2, 0.25) is 0 Å². The van der Waals surface area contributed by atoms with E-state index in [-0.39, 0.29) is 25.0 Å². The van der Waals surface area contributed by atoms with Crippen LogP contribution >= 0.6 is 11.8 Å². The van der Waals surface area contributed by atoms with Gasteiger partial charge in [0.2, 0.25) is 5.91 Å². The Morgan fingerprint density at radius 2 is 1.70 bits per heavy atom. The summed E-state index contributed by atoms with van der Waals surface area (Å²) in [5.74, 6) is -2.48. The van der Waals surface area contributed by atoms with Crippen LogP contribution in [0.4, 0.5) is 11.4 Å². The number of benzene rings is 2. The number of likely N-dealkylation sites (tertiary alicyclic amines) is 1. The Morgan fingerprint density at radius 1 is 0.977 bits per heavy atom. The molecule has 1 N–H and O–H groups in total. The molecular formula is C35H41N3O5S. The minimum atomic E-state index is -1.01. The van der Waals surface area contributed by atoms with Crippen LogP contribution in [0.1, 0.15) is 32.8 Å². The summed E-state index contributed by atoms with van der Waals surface area (Å²) in [5.41, 5.74) is 2.78. The molecule has 4 heterocycles. The molecule has 0 saturated carbocycles. The molecule has 9 heteroatoms. The summed E-state index contributed by atoms with van der Waals surface area (Å²) in [6.45, 7) is 8.24. The Labute approximate surface area is 263 Å². The van der Waals surface area contributed by atoms with E-state index < -0.39 is 39.4 Å². The Balaban J connectivity index is 1.46. The first kappa shape index (κ1) is 30.5. The molecule has 2 aromatic carbocycles. The topological polar surface area (TPSA) is 90.4 Å². The van der Waals surface area contributed by atoms with Gasteiger partial charge in [-0.1, -0.05) is 54.6 Å². The number of ether oxygens (including phenoxy) is 1. The Hall–Kier alpha value is -3.56. The van der Waals surface area contributed by atoms with Crippen molar-refractivity contribution in [2.45, 2.75) is 55.2 Å². The average Bonchev–Trinajstić information content (AvgIpc) is 3.35. The van der Waals surface area contributed by atoms with Gasteiger partial charge in [-0.05, 0) is 63.4 Å². The third kappa shape index (κ3) is 4.94. The lowest BCUT2D eigenvalue weighted by Crippen LogP contribution is -2.57. The van der Waals surface area contributed by atoms with E-state index in [0.717, 1.165) is 30.0 Å². The molecule has 0 aliphatic carbocycles. The maximum atomic E-state index is 14.9. The lowest BCUT2D eigenvalue weighted by Gasteiger charge is -2.40. The highest BCUT2D eigenvalue weighted by Crippen LogP contribution is 2.65. The molecule has 0 bridgehead atoms. The summed E-state index contributed by atoms with van der Waals surface area (Å²) in [5, 5.41) is 10.8. The molecule has 2 fully saturated rings. The van der Waals surface area contributed by atoms with Crippen molar-refractivity contribution >= 4 is 40.9 Å². The van der Waals surface area contributed by atoms with E-state index in [1.807, 2.05) is 85.8 Å². The van der Waals surface area contributed by atoms with Crippen molar-refractivity contribution in [3.63, 3.8) is 0 Å². The van der Waals surface area contributed by atoms with E-state index in [1.54, 1.807) is 9.80 Å². The number of hydrogen-bond acceptors (Lipinski definition) is 7. The highest BCUT2D eigenvalue weighted by Gasteiger charge is 2.74. The van der Waals surface area contributed by atoms with Gasteiger partial charge in [0.15, 0.2) is 0 Å². The number of esters is 1. The number of aliphatic hydroxyl groups is 1. The zero-order chi connectivity index (χ0) is 31.1. The summed E-state index contributed by atoms with van der Waals surface area (Å²) in [4.78, 5) is 48.8. The second-order valence-electron chi connectivity index (χ2n) is 12.2. The number of aliphatic hydroxyl groups excluding tert-OH is 1. The summed E-state index contributed by atoms with van der Waals surface area (Å²) in [7, 11) is 0. The molecular weight excluding hydrogens is 574 g/mol. The second kappa shape index (κ2) is 12.1. The molecule has 0 radical (unpaired) electrons. The highest BCUT2D eigenvalue weighted by molar-refractivity contribution is 8.02. The van der Waals surface area contributed by atoms with Crippen molar-refractivity contribution in [1.29, 1.82) is 0 Å². The maximum absolute atomic E-state index is 14.9. The zero-order valence-electron chi connectivity index (χ0n) is 25.6. The molecule has 8 nitrogen and oxygen atoms in total. The number of anilines is 2. The van der Waals surface area contributed by atoms with Crippen LogP contribution < -0.4 is 9.80 Å². The number of rotatable bonds is 8. The third-order valence-electron chi connectivity index (χ3n) is 9.67. The Bertz CT molecular complexity index is 1460. The summed E-state index contributed by atoms with van der Waals surface area (Å²) in [6.07, 6.45) is 9.00. The van der Waals surface area contributed by atoms with E-state index >= 15 is 0 Å². The Kier molecular flexibility index (Phi) is 8.37. The van der Waals surface area contributed by atoms with E-state index in [4.69, 9.17) is 4.74 Å². The standard InChI is InChI=1S/C35H41N3O5S/c1-4-36(5-2)25-14-16-26(17-15-25)37-20-11-19-35-28(29-33(42)43-21-10-9-18-34(29,3)44-35)31(40)38(30(35)32(37)41)27(23-39)22-24-12-7-6-8-13-24/h6-9,11-19,27-30,39H,4-5,10,20-23H2,1-3H3/t27-,28+,29+,30?,34-,35+/m1/s1. The van der Waals surface area contributed by atoms with Gasteiger partial charge < -0.3 is 24.5 Å². The van der Waals surface area contributed by atoms with Crippen molar-refractivity contribution in [3.05, 3.63) is 84.5 Å². The molecule has 4 aliphatic heterocycles. The van der Waals surface area contributed by atoms with Crippen molar-refractivity contribution in [2.75, 3.05) is 42.6 Å². The van der Waals surface area contributed by atoms with Gasteiger partial charge in [-0.25, -0.2) is 0 Å². The fourth-order valence-electron chi connectivity index (χ4n) is 7.62. The van der Waals surface area contributed by atoms with Crippen molar-refractivity contribution in [3.8, 4) is 0 Å². The largest absolute Gasteiger partial charge is 0.465 e. The predicted molar refractivity (Wildman–Crippen MR) is 174 cm³/mol. The molecule has 6 atom stereocenters. The smallest absolute Gasteiger partial charge is 0.311 e. The quantitative estimate of drug-likeness (QED) is 0.351. The number of cyclic esters (lactones) is 1. The lowest BCUT2D eigenvalue weighted by atomic mass is 9.74. The fraction of sp³-hybridized carbons (Fsp3) is 0.457. The van der Waals surface area contributed by atoms with E-state index in [1.165, 1.54) is 11.8 Å². The van der Waals surface area contributed by atoms with Crippen LogP contribution in [-0.4, -0.2) is 82.2 Å². The molecule has 4 aliphatic rings. The van der Waals surface area contributed by atoms with Gasteiger partial charge in [0, 0.05) is 35.8 Å². The van der Waals surface area contributed by atoms with Crippen molar-refractivity contribution < 1.29 is 24.2 Å². The second-order valence-corrected chi connectivity index (χ2v) is 14.0. The number of fused-ring (bicyclic) bond motifs is 2. The minimum absolute atomic E-state index is 0.212. The zero-order valence-corrected chi connectivity index (χ0v) is 26.4. The molecule has 0 aromatic heterocycles. The summed E-state index contributed by atoms with van der Waals surface area (Å²) >= 11 is 1.52. The number of amides is 2. The van der Waals surface area contributed by atoms with Crippen LogP contribution in [0, 0.1) is 11.8 Å².